The van der Waals surface area contributed by atoms with E-state index >= 15 is 0 Å². The number of nitrogens with one attached hydrogen (secondary N) is 1. The highest BCUT2D eigenvalue weighted by Crippen LogP contribution is 2.24. The van der Waals surface area contributed by atoms with Gasteiger partial charge in [0.1, 0.15) is 5.60 Å². The molecule has 8 heteroatoms. The van der Waals surface area contributed by atoms with Gasteiger partial charge in [-0.3, -0.25) is 5.10 Å². The van der Waals surface area contributed by atoms with Gasteiger partial charge in [-0.2, -0.15) is 4.98 Å². The molecule has 86 valence electrons. The van der Waals surface area contributed by atoms with Gasteiger partial charge in [0.2, 0.25) is 0 Å². The third-order valence-electron chi connectivity index (χ3n) is 2.35. The summed E-state index contributed by atoms with van der Waals surface area (Å²) in [6.07, 6.45) is 0.628. The van der Waals surface area contributed by atoms with Crippen LogP contribution in [0.4, 0.5) is 0 Å². The van der Waals surface area contributed by atoms with E-state index in [-0.39, 0.29) is 0 Å². The Labute approximate surface area is 88.1 Å². The maximum absolute atomic E-state index is 10.9. The molecule has 0 aromatic carbocycles. The average molecular weight is 234 g/mol. The molecule has 0 aliphatic heterocycles. The number of ether oxygens (including phenoxy) is 1. The molecule has 0 saturated carbocycles. The van der Waals surface area contributed by atoms with E-state index in [4.69, 9.17) is 9.88 Å². The Bertz CT molecular complexity index is 435. The Morgan fingerprint density at radius 1 is 1.60 bits per heavy atom. The smallest absolute Gasteiger partial charge is 0.282 e. The molecule has 0 fully saturated rings. The first-order valence-electron chi connectivity index (χ1n) is 4.34. The van der Waals surface area contributed by atoms with E-state index in [2.05, 4.69) is 15.2 Å². The van der Waals surface area contributed by atoms with Gasteiger partial charge in [0.15, 0.2) is 5.82 Å². The van der Waals surface area contributed by atoms with Gasteiger partial charge >= 0.3 is 0 Å². The normalized spacial score (nSPS) is 16.3. The van der Waals surface area contributed by atoms with Crippen LogP contribution in [0, 0.1) is 0 Å². The largest absolute Gasteiger partial charge is 0.371 e. The third-order valence-corrected chi connectivity index (χ3v) is 3.04. The number of aromatic amines is 1. The van der Waals surface area contributed by atoms with Crippen molar-refractivity contribution >= 4 is 10.0 Å². The second kappa shape index (κ2) is 3.87. The minimum absolute atomic E-state index is 0.344. The van der Waals surface area contributed by atoms with Crippen molar-refractivity contribution in [2.75, 3.05) is 7.11 Å². The number of sulfonamides is 1. The molecule has 0 saturated heterocycles. The molecule has 3 N–H and O–H groups in total. The van der Waals surface area contributed by atoms with Crippen LogP contribution in [-0.2, 0) is 20.4 Å². The van der Waals surface area contributed by atoms with Gasteiger partial charge in [-0.05, 0) is 13.3 Å². The Morgan fingerprint density at radius 2 is 2.20 bits per heavy atom. The van der Waals surface area contributed by atoms with Crippen molar-refractivity contribution in [1.82, 2.24) is 15.2 Å². The van der Waals surface area contributed by atoms with Crippen LogP contribution in [0.2, 0.25) is 0 Å². The maximum Gasteiger partial charge on any atom is 0.282 e. The molecular formula is C7H14N4O3S. The van der Waals surface area contributed by atoms with Crippen LogP contribution in [0.3, 0.4) is 0 Å². The molecule has 0 amide bonds. The highest BCUT2D eigenvalue weighted by atomic mass is 32.2. The predicted molar refractivity (Wildman–Crippen MR) is 52.4 cm³/mol. The van der Waals surface area contributed by atoms with Crippen LogP contribution >= 0.6 is 0 Å². The molecule has 1 rings (SSSR count). The molecule has 1 atom stereocenters. The fourth-order valence-electron chi connectivity index (χ4n) is 1.02. The van der Waals surface area contributed by atoms with Gasteiger partial charge in [0.25, 0.3) is 15.2 Å². The van der Waals surface area contributed by atoms with Crippen molar-refractivity contribution in [3.05, 3.63) is 5.82 Å². The lowest BCUT2D eigenvalue weighted by Crippen LogP contribution is -2.25. The van der Waals surface area contributed by atoms with Gasteiger partial charge in [-0.15, -0.1) is 5.10 Å². The highest BCUT2D eigenvalue weighted by molar-refractivity contribution is 7.89. The van der Waals surface area contributed by atoms with Crippen molar-refractivity contribution in [2.24, 2.45) is 5.14 Å². The topological polar surface area (TPSA) is 111 Å². The molecule has 0 aliphatic carbocycles. The summed E-state index contributed by atoms with van der Waals surface area (Å²) in [5.74, 6) is 0.344. The Balaban J connectivity index is 3.14. The number of hydrogen-bond donors (Lipinski definition) is 2. The van der Waals surface area contributed by atoms with E-state index in [0.717, 1.165) is 0 Å². The molecule has 1 heterocycles. The fraction of sp³-hybridized carbons (Fsp3) is 0.714. The van der Waals surface area contributed by atoms with Crippen molar-refractivity contribution in [3.8, 4) is 0 Å². The zero-order valence-corrected chi connectivity index (χ0v) is 9.63. The molecule has 15 heavy (non-hydrogen) atoms. The molecule has 1 unspecified atom stereocenters. The van der Waals surface area contributed by atoms with Crippen LogP contribution in [0.25, 0.3) is 0 Å². The van der Waals surface area contributed by atoms with Crippen molar-refractivity contribution in [2.45, 2.75) is 31.0 Å². The second-order valence-electron chi connectivity index (χ2n) is 3.30. The van der Waals surface area contributed by atoms with Crippen molar-refractivity contribution in [3.63, 3.8) is 0 Å². The lowest BCUT2D eigenvalue weighted by molar-refractivity contribution is -0.00883. The second-order valence-corrected chi connectivity index (χ2v) is 4.76. The number of aromatic nitrogens is 3. The van der Waals surface area contributed by atoms with Crippen molar-refractivity contribution < 1.29 is 13.2 Å². The van der Waals surface area contributed by atoms with Gasteiger partial charge < -0.3 is 4.74 Å². The van der Waals surface area contributed by atoms with Crippen LogP contribution in [-0.4, -0.2) is 30.7 Å². The highest BCUT2D eigenvalue weighted by Gasteiger charge is 2.29. The first-order chi connectivity index (χ1) is 6.83. The van der Waals surface area contributed by atoms with Crippen LogP contribution in [0.5, 0.6) is 0 Å². The van der Waals surface area contributed by atoms with E-state index < -0.39 is 20.8 Å². The SMILES string of the molecule is CCC(C)(OC)c1nc(S(N)(=O)=O)n[nH]1. The number of methoxy groups -OCH3 is 1. The summed E-state index contributed by atoms with van der Waals surface area (Å²) in [4.78, 5) is 3.79. The number of nitrogens with zero attached hydrogens (tertiary/aromatic N) is 2. The van der Waals surface area contributed by atoms with Gasteiger partial charge in [-0.25, -0.2) is 13.6 Å². The van der Waals surface area contributed by atoms with E-state index in [0.29, 0.717) is 12.2 Å². The van der Waals surface area contributed by atoms with E-state index in [1.165, 1.54) is 7.11 Å². The quantitative estimate of drug-likeness (QED) is 0.744. The van der Waals surface area contributed by atoms with Gasteiger partial charge in [-0.1, -0.05) is 6.92 Å². The summed E-state index contributed by atoms with van der Waals surface area (Å²) in [6.45, 7) is 3.67. The summed E-state index contributed by atoms with van der Waals surface area (Å²) >= 11 is 0. The zero-order chi connectivity index (χ0) is 11.7. The molecule has 1 aromatic heterocycles. The molecule has 0 radical (unpaired) electrons. The Hall–Kier alpha value is -0.990. The number of nitrogens with two attached hydrogens (primary N) is 1. The Morgan fingerprint density at radius 3 is 2.53 bits per heavy atom. The number of primary sulfonamides is 1. The molecule has 0 aliphatic rings. The summed E-state index contributed by atoms with van der Waals surface area (Å²) in [5.41, 5.74) is -0.685. The standard InChI is InChI=1S/C7H14N4O3S/c1-4-7(2,14-3)5-9-6(11-10-5)15(8,12)13/h4H2,1-3H3,(H2,8,12,13)(H,9,10,11). The first-order valence-corrected chi connectivity index (χ1v) is 5.89. The van der Waals surface area contributed by atoms with Gasteiger partial charge in [0, 0.05) is 7.11 Å². The van der Waals surface area contributed by atoms with E-state index in [1.807, 2.05) is 6.92 Å². The number of rotatable bonds is 4. The fourth-order valence-corrected chi connectivity index (χ4v) is 1.41. The molecular weight excluding hydrogens is 220 g/mol. The molecule has 0 spiro atoms. The number of H-pyrrole nitrogens is 1. The minimum atomic E-state index is -3.87. The molecule has 0 bridgehead atoms. The van der Waals surface area contributed by atoms with Crippen LogP contribution < -0.4 is 5.14 Å². The molecule has 1 aromatic rings. The zero-order valence-electron chi connectivity index (χ0n) is 8.81. The predicted octanol–water partition coefficient (Wildman–Crippen LogP) is -0.276. The summed E-state index contributed by atoms with van der Waals surface area (Å²) in [5, 5.41) is 10.5. The first kappa shape index (κ1) is 12.1. The summed E-state index contributed by atoms with van der Waals surface area (Å²) in [6, 6.07) is 0. The van der Waals surface area contributed by atoms with E-state index in [1.54, 1.807) is 6.92 Å². The molecule has 7 nitrogen and oxygen atoms in total. The van der Waals surface area contributed by atoms with Crippen LogP contribution in [0.15, 0.2) is 5.16 Å². The maximum atomic E-state index is 10.9. The number of hydrogen-bond acceptors (Lipinski definition) is 5. The summed E-state index contributed by atoms with van der Waals surface area (Å²) in [7, 11) is -2.35. The lowest BCUT2D eigenvalue weighted by Gasteiger charge is -2.23. The monoisotopic (exact) mass is 234 g/mol. The van der Waals surface area contributed by atoms with E-state index in [9.17, 15) is 8.42 Å². The van der Waals surface area contributed by atoms with Crippen molar-refractivity contribution in [1.29, 1.82) is 0 Å². The Kier molecular flexibility index (Phi) is 3.12. The minimum Gasteiger partial charge on any atom is -0.371 e. The van der Waals surface area contributed by atoms with Gasteiger partial charge in [0.05, 0.1) is 0 Å². The average Bonchev–Trinajstić information content (AvgIpc) is 2.65. The van der Waals surface area contributed by atoms with Crippen LogP contribution in [0.1, 0.15) is 26.1 Å². The summed E-state index contributed by atoms with van der Waals surface area (Å²) < 4.78 is 27.1. The third kappa shape index (κ3) is 2.33. The lowest BCUT2D eigenvalue weighted by atomic mass is 10.0.